The predicted molar refractivity (Wildman–Crippen MR) is 68.4 cm³/mol. The molecule has 0 atom stereocenters. The van der Waals surface area contributed by atoms with Gasteiger partial charge >= 0.3 is 5.97 Å². The van der Waals surface area contributed by atoms with Crippen molar-refractivity contribution < 1.29 is 9.53 Å². The van der Waals surface area contributed by atoms with Gasteiger partial charge in [0.2, 0.25) is 5.82 Å². The number of carbonyl (C=O) groups excluding carboxylic acids is 1. The Morgan fingerprint density at radius 3 is 2.94 bits per heavy atom. The van der Waals surface area contributed by atoms with E-state index in [9.17, 15) is 4.79 Å². The molecule has 1 heterocycles. The molecule has 0 unspecified atom stereocenters. The van der Waals surface area contributed by atoms with E-state index < -0.39 is 5.97 Å². The summed E-state index contributed by atoms with van der Waals surface area (Å²) in [5, 5.41) is 3.27. The molecule has 1 aliphatic carbocycles. The monoisotopic (exact) mass is 249 g/mol. The van der Waals surface area contributed by atoms with Gasteiger partial charge in [-0.2, -0.15) is 0 Å². The Hall–Kier alpha value is -1.65. The molecule has 1 aromatic rings. The standard InChI is InChI=1S/C13H19N3O2/c1-18-13(17)12-14-8-7-11(16-12)15-9-10-5-3-2-4-6-10/h7-8,10H,2-6,9H2,1H3,(H,14,15,16). The number of nitrogens with zero attached hydrogens (tertiary/aromatic N) is 2. The number of esters is 1. The molecule has 1 fully saturated rings. The highest BCUT2D eigenvalue weighted by Crippen LogP contribution is 2.23. The molecule has 0 aromatic carbocycles. The van der Waals surface area contributed by atoms with Crippen LogP contribution >= 0.6 is 0 Å². The van der Waals surface area contributed by atoms with Crippen LogP contribution in [0.1, 0.15) is 42.7 Å². The minimum Gasteiger partial charge on any atom is -0.463 e. The normalized spacial score (nSPS) is 16.3. The highest BCUT2D eigenvalue weighted by molar-refractivity contribution is 5.85. The summed E-state index contributed by atoms with van der Waals surface area (Å²) in [6.45, 7) is 0.914. The summed E-state index contributed by atoms with van der Waals surface area (Å²) in [5.74, 6) is 1.01. The summed E-state index contributed by atoms with van der Waals surface area (Å²) in [6, 6.07) is 1.77. The molecule has 1 saturated carbocycles. The van der Waals surface area contributed by atoms with Gasteiger partial charge in [0.15, 0.2) is 0 Å². The fourth-order valence-corrected chi connectivity index (χ4v) is 2.29. The number of nitrogens with one attached hydrogen (secondary N) is 1. The second-order valence-corrected chi connectivity index (χ2v) is 4.64. The van der Waals surface area contributed by atoms with Gasteiger partial charge in [-0.1, -0.05) is 19.3 Å². The van der Waals surface area contributed by atoms with E-state index in [1.807, 2.05) is 0 Å². The highest BCUT2D eigenvalue weighted by atomic mass is 16.5. The lowest BCUT2D eigenvalue weighted by Gasteiger charge is -2.21. The van der Waals surface area contributed by atoms with Crippen LogP contribution in [0, 0.1) is 5.92 Å². The zero-order valence-corrected chi connectivity index (χ0v) is 10.7. The van der Waals surface area contributed by atoms with Crippen LogP contribution < -0.4 is 5.32 Å². The van der Waals surface area contributed by atoms with Crippen molar-refractivity contribution >= 4 is 11.8 Å². The number of aromatic nitrogens is 2. The Labute approximate surface area is 107 Å². The maximum Gasteiger partial charge on any atom is 0.376 e. The van der Waals surface area contributed by atoms with Gasteiger partial charge in [0, 0.05) is 12.7 Å². The van der Waals surface area contributed by atoms with E-state index >= 15 is 0 Å². The number of carbonyl (C=O) groups is 1. The molecule has 2 rings (SSSR count). The van der Waals surface area contributed by atoms with E-state index in [1.165, 1.54) is 39.2 Å². The molecule has 0 aliphatic heterocycles. The Bertz CT molecular complexity index is 403. The van der Waals surface area contributed by atoms with Crippen molar-refractivity contribution in [1.82, 2.24) is 9.97 Å². The van der Waals surface area contributed by atoms with Crippen LogP contribution in [0.2, 0.25) is 0 Å². The van der Waals surface area contributed by atoms with Gasteiger partial charge < -0.3 is 10.1 Å². The molecule has 0 bridgehead atoms. The van der Waals surface area contributed by atoms with Crippen LogP contribution in [-0.4, -0.2) is 29.6 Å². The molecule has 1 aliphatic rings. The van der Waals surface area contributed by atoms with Crippen LogP contribution in [-0.2, 0) is 4.74 Å². The summed E-state index contributed by atoms with van der Waals surface area (Å²) < 4.78 is 4.59. The molecule has 0 amide bonds. The van der Waals surface area contributed by atoms with Gasteiger partial charge in [0.05, 0.1) is 7.11 Å². The van der Waals surface area contributed by atoms with E-state index in [0.717, 1.165) is 12.5 Å². The zero-order chi connectivity index (χ0) is 12.8. The fourth-order valence-electron chi connectivity index (χ4n) is 2.29. The van der Waals surface area contributed by atoms with Gasteiger partial charge in [-0.15, -0.1) is 0 Å². The van der Waals surface area contributed by atoms with Gasteiger partial charge in [-0.25, -0.2) is 14.8 Å². The summed E-state index contributed by atoms with van der Waals surface area (Å²) in [6.07, 6.45) is 8.13. The molecule has 0 radical (unpaired) electrons. The number of hydrogen-bond donors (Lipinski definition) is 1. The first kappa shape index (κ1) is 12.8. The van der Waals surface area contributed by atoms with Crippen molar-refractivity contribution in [2.75, 3.05) is 19.0 Å². The molecule has 5 heteroatoms. The van der Waals surface area contributed by atoms with Crippen molar-refractivity contribution in [3.8, 4) is 0 Å². The first-order valence-corrected chi connectivity index (χ1v) is 6.45. The van der Waals surface area contributed by atoms with E-state index in [4.69, 9.17) is 0 Å². The molecule has 1 aromatic heterocycles. The number of anilines is 1. The second kappa shape index (κ2) is 6.33. The maximum absolute atomic E-state index is 11.3. The third kappa shape index (κ3) is 3.42. The first-order valence-electron chi connectivity index (χ1n) is 6.45. The Morgan fingerprint density at radius 1 is 1.44 bits per heavy atom. The predicted octanol–water partition coefficient (Wildman–Crippen LogP) is 2.26. The summed E-state index contributed by atoms with van der Waals surface area (Å²) in [5.41, 5.74) is 0. The van der Waals surface area contributed by atoms with Gasteiger partial charge in [0.1, 0.15) is 5.82 Å². The van der Waals surface area contributed by atoms with Crippen molar-refractivity contribution in [1.29, 1.82) is 0 Å². The molecule has 0 saturated heterocycles. The van der Waals surface area contributed by atoms with Crippen molar-refractivity contribution in [2.24, 2.45) is 5.92 Å². The van der Waals surface area contributed by atoms with Crippen LogP contribution in [0.5, 0.6) is 0 Å². The molecule has 18 heavy (non-hydrogen) atoms. The number of hydrogen-bond acceptors (Lipinski definition) is 5. The molecular weight excluding hydrogens is 230 g/mol. The second-order valence-electron chi connectivity index (χ2n) is 4.64. The van der Waals surface area contributed by atoms with E-state index in [1.54, 1.807) is 12.3 Å². The lowest BCUT2D eigenvalue weighted by molar-refractivity contribution is 0.0587. The fraction of sp³-hybridized carbons (Fsp3) is 0.615. The van der Waals surface area contributed by atoms with Gasteiger partial charge in [0.25, 0.3) is 0 Å². The average Bonchev–Trinajstić information content (AvgIpc) is 2.45. The van der Waals surface area contributed by atoms with E-state index in [0.29, 0.717) is 5.82 Å². The van der Waals surface area contributed by atoms with Crippen LogP contribution in [0.25, 0.3) is 0 Å². The van der Waals surface area contributed by atoms with Crippen molar-refractivity contribution in [3.63, 3.8) is 0 Å². The Balaban J connectivity index is 1.90. The largest absolute Gasteiger partial charge is 0.463 e. The van der Waals surface area contributed by atoms with E-state index in [2.05, 4.69) is 20.0 Å². The quantitative estimate of drug-likeness (QED) is 0.829. The molecule has 0 spiro atoms. The molecule has 1 N–H and O–H groups in total. The van der Waals surface area contributed by atoms with E-state index in [-0.39, 0.29) is 5.82 Å². The molecule has 5 nitrogen and oxygen atoms in total. The SMILES string of the molecule is COC(=O)c1nccc(NCC2CCCCC2)n1. The number of ether oxygens (including phenoxy) is 1. The lowest BCUT2D eigenvalue weighted by atomic mass is 9.89. The summed E-state index contributed by atoms with van der Waals surface area (Å²) in [7, 11) is 1.33. The Kier molecular flexibility index (Phi) is 4.50. The first-order chi connectivity index (χ1) is 8.79. The van der Waals surface area contributed by atoms with Gasteiger partial charge in [-0.05, 0) is 24.8 Å². The summed E-state index contributed by atoms with van der Waals surface area (Å²) in [4.78, 5) is 19.3. The minimum atomic E-state index is -0.503. The average molecular weight is 249 g/mol. The summed E-state index contributed by atoms with van der Waals surface area (Å²) >= 11 is 0. The van der Waals surface area contributed by atoms with Crippen LogP contribution in [0.15, 0.2) is 12.3 Å². The maximum atomic E-state index is 11.3. The van der Waals surface area contributed by atoms with Crippen LogP contribution in [0.3, 0.4) is 0 Å². The Morgan fingerprint density at radius 2 is 2.22 bits per heavy atom. The minimum absolute atomic E-state index is 0.103. The van der Waals surface area contributed by atoms with Crippen LogP contribution in [0.4, 0.5) is 5.82 Å². The smallest absolute Gasteiger partial charge is 0.376 e. The lowest BCUT2D eigenvalue weighted by Crippen LogP contribution is -2.18. The van der Waals surface area contributed by atoms with Crippen molar-refractivity contribution in [3.05, 3.63) is 18.1 Å². The molecular formula is C13H19N3O2. The third-order valence-corrected chi connectivity index (χ3v) is 3.32. The molecule has 98 valence electrons. The zero-order valence-electron chi connectivity index (χ0n) is 10.7. The topological polar surface area (TPSA) is 64.1 Å². The highest BCUT2D eigenvalue weighted by Gasteiger charge is 2.14. The third-order valence-electron chi connectivity index (χ3n) is 3.32. The number of rotatable bonds is 4. The van der Waals surface area contributed by atoms with Crippen molar-refractivity contribution in [2.45, 2.75) is 32.1 Å². The van der Waals surface area contributed by atoms with Gasteiger partial charge in [-0.3, -0.25) is 0 Å². The number of methoxy groups -OCH3 is 1.